The van der Waals surface area contributed by atoms with Crippen molar-refractivity contribution in [1.82, 2.24) is 9.78 Å². The number of nitrogens with zero attached hydrogens (tertiary/aromatic N) is 2. The summed E-state index contributed by atoms with van der Waals surface area (Å²) < 4.78 is 1.34. The Bertz CT molecular complexity index is 737. The molecule has 2 aromatic heterocycles. The molecule has 0 unspecified atom stereocenters. The third kappa shape index (κ3) is 3.01. The first-order valence-electron chi connectivity index (χ1n) is 7.59. The van der Waals surface area contributed by atoms with Crippen molar-refractivity contribution in [3.05, 3.63) is 33.8 Å². The normalized spacial score (nSPS) is 14.3. The number of hydrogen-bond acceptors (Lipinski definition) is 4. The number of aryl methyl sites for hydroxylation is 2. The molecule has 1 aliphatic rings. The molecule has 0 saturated heterocycles. The van der Waals surface area contributed by atoms with E-state index in [-0.39, 0.29) is 5.91 Å². The fraction of sp³-hybridized carbons (Fsp3) is 0.438. The van der Waals surface area contributed by atoms with Crippen LogP contribution in [0.3, 0.4) is 0 Å². The highest BCUT2D eigenvalue weighted by Gasteiger charge is 2.30. The standard InChI is InChI=1S/C16H19N3O3S/c1-16(2,15(21)22)19-9-11(8-17-19)18-14(20)13-7-10-5-3-4-6-12(10)23-13/h7-9H,3-6H2,1-2H3,(H,18,20)(H,21,22). The second-order valence-electron chi connectivity index (χ2n) is 6.26. The van der Waals surface area contributed by atoms with E-state index in [1.54, 1.807) is 31.4 Å². The fourth-order valence-electron chi connectivity index (χ4n) is 2.59. The molecule has 122 valence electrons. The Hall–Kier alpha value is -2.15. The van der Waals surface area contributed by atoms with Gasteiger partial charge in [-0.1, -0.05) is 0 Å². The van der Waals surface area contributed by atoms with Gasteiger partial charge in [-0.3, -0.25) is 9.48 Å². The van der Waals surface area contributed by atoms with Crippen LogP contribution in [0.1, 0.15) is 46.8 Å². The van der Waals surface area contributed by atoms with E-state index in [1.807, 2.05) is 6.07 Å². The van der Waals surface area contributed by atoms with Crippen LogP contribution < -0.4 is 5.32 Å². The van der Waals surface area contributed by atoms with Gasteiger partial charge in [0.2, 0.25) is 0 Å². The van der Waals surface area contributed by atoms with Crippen LogP contribution in [0.25, 0.3) is 0 Å². The van der Waals surface area contributed by atoms with Crippen molar-refractivity contribution in [3.63, 3.8) is 0 Å². The van der Waals surface area contributed by atoms with Gasteiger partial charge in [0.05, 0.1) is 16.8 Å². The minimum atomic E-state index is -1.16. The summed E-state index contributed by atoms with van der Waals surface area (Å²) in [7, 11) is 0. The Morgan fingerprint density at radius 1 is 1.35 bits per heavy atom. The number of carbonyl (C=O) groups excluding carboxylic acids is 1. The smallest absolute Gasteiger partial charge is 0.331 e. The van der Waals surface area contributed by atoms with E-state index in [2.05, 4.69) is 10.4 Å². The minimum absolute atomic E-state index is 0.169. The highest BCUT2D eigenvalue weighted by Crippen LogP contribution is 2.30. The molecule has 0 bridgehead atoms. The largest absolute Gasteiger partial charge is 0.479 e. The quantitative estimate of drug-likeness (QED) is 0.901. The molecule has 6 nitrogen and oxygen atoms in total. The van der Waals surface area contributed by atoms with Crippen molar-refractivity contribution in [3.8, 4) is 0 Å². The van der Waals surface area contributed by atoms with Crippen LogP contribution in [0.4, 0.5) is 5.69 Å². The number of aromatic nitrogens is 2. The van der Waals surface area contributed by atoms with Crippen molar-refractivity contribution in [2.24, 2.45) is 0 Å². The highest BCUT2D eigenvalue weighted by atomic mass is 32.1. The lowest BCUT2D eigenvalue weighted by atomic mass is 9.99. The molecule has 3 rings (SSSR count). The summed E-state index contributed by atoms with van der Waals surface area (Å²) in [4.78, 5) is 25.6. The number of anilines is 1. The third-order valence-electron chi connectivity index (χ3n) is 4.16. The lowest BCUT2D eigenvalue weighted by molar-refractivity contribution is -0.146. The van der Waals surface area contributed by atoms with Crippen LogP contribution in [-0.4, -0.2) is 26.8 Å². The highest BCUT2D eigenvalue weighted by molar-refractivity contribution is 7.14. The lowest BCUT2D eigenvalue weighted by Gasteiger charge is -2.19. The Labute approximate surface area is 138 Å². The van der Waals surface area contributed by atoms with E-state index in [9.17, 15) is 14.7 Å². The maximum atomic E-state index is 12.4. The molecule has 0 fully saturated rings. The van der Waals surface area contributed by atoms with Gasteiger partial charge >= 0.3 is 5.97 Å². The zero-order valence-electron chi connectivity index (χ0n) is 13.1. The first kappa shape index (κ1) is 15.7. The maximum absolute atomic E-state index is 12.4. The molecule has 0 aromatic carbocycles. The van der Waals surface area contributed by atoms with Crippen LogP contribution >= 0.6 is 11.3 Å². The average Bonchev–Trinajstić information content (AvgIpc) is 3.13. The van der Waals surface area contributed by atoms with Crippen molar-refractivity contribution >= 4 is 28.9 Å². The number of aliphatic carboxylic acids is 1. The number of hydrogen-bond donors (Lipinski definition) is 2. The molecular formula is C16H19N3O3S. The van der Waals surface area contributed by atoms with Crippen LogP contribution in [-0.2, 0) is 23.2 Å². The van der Waals surface area contributed by atoms with Crippen molar-refractivity contribution in [2.45, 2.75) is 45.1 Å². The summed E-state index contributed by atoms with van der Waals surface area (Å²) in [5, 5.41) is 16.1. The number of nitrogens with one attached hydrogen (secondary N) is 1. The summed E-state index contributed by atoms with van der Waals surface area (Å²) in [5.74, 6) is -1.15. The van der Waals surface area contributed by atoms with Gasteiger partial charge in [0.15, 0.2) is 5.54 Å². The van der Waals surface area contributed by atoms with Crippen LogP contribution in [0.5, 0.6) is 0 Å². The van der Waals surface area contributed by atoms with Crippen LogP contribution in [0.2, 0.25) is 0 Å². The monoisotopic (exact) mass is 333 g/mol. The first-order chi connectivity index (χ1) is 10.9. The second kappa shape index (κ2) is 5.81. The number of fused-ring (bicyclic) bond motifs is 1. The van der Waals surface area contributed by atoms with Gasteiger partial charge in [-0.2, -0.15) is 5.10 Å². The molecule has 0 saturated carbocycles. The SMILES string of the molecule is CC(C)(C(=O)O)n1cc(NC(=O)c2cc3c(s2)CCCC3)cn1. The van der Waals surface area contributed by atoms with Crippen molar-refractivity contribution < 1.29 is 14.7 Å². The molecule has 0 aliphatic heterocycles. The van der Waals surface area contributed by atoms with Crippen molar-refractivity contribution in [2.75, 3.05) is 5.32 Å². The summed E-state index contributed by atoms with van der Waals surface area (Å²) >= 11 is 1.55. The van der Waals surface area contributed by atoms with E-state index in [0.717, 1.165) is 12.8 Å². The molecule has 0 radical (unpaired) electrons. The lowest BCUT2D eigenvalue weighted by Crippen LogP contribution is -2.35. The molecule has 23 heavy (non-hydrogen) atoms. The molecule has 0 atom stereocenters. The number of carbonyl (C=O) groups is 2. The first-order valence-corrected chi connectivity index (χ1v) is 8.41. The predicted molar refractivity (Wildman–Crippen MR) is 88.1 cm³/mol. The summed E-state index contributed by atoms with van der Waals surface area (Å²) in [6.07, 6.45) is 7.48. The van der Waals surface area contributed by atoms with Gasteiger partial charge in [0.1, 0.15) is 0 Å². The minimum Gasteiger partial charge on any atom is -0.479 e. The summed E-state index contributed by atoms with van der Waals surface area (Å²) in [5.41, 5.74) is 0.621. The van der Waals surface area contributed by atoms with Crippen molar-refractivity contribution in [1.29, 1.82) is 0 Å². The molecule has 2 heterocycles. The van der Waals surface area contributed by atoms with Gasteiger partial charge in [-0.15, -0.1) is 11.3 Å². The topological polar surface area (TPSA) is 84.2 Å². The Morgan fingerprint density at radius 2 is 2.09 bits per heavy atom. The Morgan fingerprint density at radius 3 is 2.78 bits per heavy atom. The third-order valence-corrected chi connectivity index (χ3v) is 5.39. The molecule has 2 N–H and O–H groups in total. The second-order valence-corrected chi connectivity index (χ2v) is 7.39. The fourth-order valence-corrected chi connectivity index (χ4v) is 3.74. The molecule has 0 spiro atoms. The van der Waals surface area contributed by atoms with Gasteiger partial charge < -0.3 is 10.4 Å². The van der Waals surface area contributed by atoms with Gasteiger partial charge in [-0.05, 0) is 51.2 Å². The molecule has 1 amide bonds. The summed E-state index contributed by atoms with van der Waals surface area (Å²) in [6.45, 7) is 3.11. The van der Waals surface area contributed by atoms with Gasteiger partial charge in [0.25, 0.3) is 5.91 Å². The molecule has 7 heteroatoms. The van der Waals surface area contributed by atoms with Gasteiger partial charge in [0, 0.05) is 11.1 Å². The Kier molecular flexibility index (Phi) is 3.97. The zero-order valence-corrected chi connectivity index (χ0v) is 13.9. The molecule has 2 aromatic rings. The number of thiophene rings is 1. The average molecular weight is 333 g/mol. The van der Waals surface area contributed by atoms with Crippen LogP contribution in [0, 0.1) is 0 Å². The predicted octanol–water partition coefficient (Wildman–Crippen LogP) is 2.90. The summed E-state index contributed by atoms with van der Waals surface area (Å²) in [6, 6.07) is 1.97. The number of rotatable bonds is 4. The Balaban J connectivity index is 1.75. The van der Waals surface area contributed by atoms with Gasteiger partial charge in [-0.25, -0.2) is 4.79 Å². The van der Waals surface area contributed by atoms with E-state index >= 15 is 0 Å². The zero-order chi connectivity index (χ0) is 16.6. The van der Waals surface area contributed by atoms with E-state index in [1.165, 1.54) is 34.2 Å². The van der Waals surface area contributed by atoms with E-state index in [0.29, 0.717) is 10.6 Å². The number of amides is 1. The van der Waals surface area contributed by atoms with E-state index in [4.69, 9.17) is 0 Å². The maximum Gasteiger partial charge on any atom is 0.331 e. The number of carboxylic acids is 1. The number of carboxylic acid groups (broad SMARTS) is 1. The molecule has 1 aliphatic carbocycles. The van der Waals surface area contributed by atoms with Crippen LogP contribution in [0.15, 0.2) is 18.5 Å². The molecular weight excluding hydrogens is 314 g/mol. The van der Waals surface area contributed by atoms with E-state index < -0.39 is 11.5 Å².